The van der Waals surface area contributed by atoms with Crippen molar-refractivity contribution < 1.29 is 4.92 Å². The van der Waals surface area contributed by atoms with Gasteiger partial charge in [0.25, 0.3) is 0 Å². The van der Waals surface area contributed by atoms with Crippen molar-refractivity contribution in [3.63, 3.8) is 0 Å². The SMILES string of the molecule is CCN(c1ncccc1[N+](=O)[O-])C1CCCC1CN. The Morgan fingerprint density at radius 2 is 2.37 bits per heavy atom. The van der Waals surface area contributed by atoms with Crippen LogP contribution in [0.25, 0.3) is 0 Å². The van der Waals surface area contributed by atoms with Crippen LogP contribution in [0.4, 0.5) is 11.5 Å². The van der Waals surface area contributed by atoms with Crippen molar-refractivity contribution in [3.05, 3.63) is 28.4 Å². The molecular formula is C13H20N4O2. The standard InChI is InChI=1S/C13H20N4O2/c1-2-16(11-6-3-5-10(11)9-14)13-12(17(18)19)7-4-8-15-13/h4,7-8,10-11H,2-3,5-6,9,14H2,1H3. The van der Waals surface area contributed by atoms with E-state index >= 15 is 0 Å². The maximum atomic E-state index is 11.1. The van der Waals surface area contributed by atoms with Crippen LogP contribution < -0.4 is 10.6 Å². The predicted octanol–water partition coefficient (Wildman–Crippen LogP) is 1.94. The van der Waals surface area contributed by atoms with Crippen molar-refractivity contribution in [2.45, 2.75) is 32.2 Å². The molecule has 6 nitrogen and oxygen atoms in total. The van der Waals surface area contributed by atoms with Crippen molar-refractivity contribution >= 4 is 11.5 Å². The largest absolute Gasteiger partial charge is 0.348 e. The van der Waals surface area contributed by atoms with Gasteiger partial charge >= 0.3 is 5.69 Å². The molecule has 2 atom stereocenters. The maximum absolute atomic E-state index is 11.1. The molecule has 1 aromatic heterocycles. The topological polar surface area (TPSA) is 85.3 Å². The summed E-state index contributed by atoms with van der Waals surface area (Å²) in [5.41, 5.74) is 5.89. The van der Waals surface area contributed by atoms with Crippen molar-refractivity contribution in [2.24, 2.45) is 11.7 Å². The second-order valence-electron chi connectivity index (χ2n) is 4.88. The van der Waals surface area contributed by atoms with Gasteiger partial charge in [-0.15, -0.1) is 0 Å². The molecule has 2 rings (SSSR count). The zero-order valence-corrected chi connectivity index (χ0v) is 11.2. The molecule has 19 heavy (non-hydrogen) atoms. The molecule has 0 amide bonds. The van der Waals surface area contributed by atoms with E-state index in [2.05, 4.69) is 4.98 Å². The van der Waals surface area contributed by atoms with Crippen molar-refractivity contribution in [3.8, 4) is 0 Å². The minimum atomic E-state index is -0.364. The third kappa shape index (κ3) is 2.68. The minimum absolute atomic E-state index is 0.0759. The monoisotopic (exact) mass is 264 g/mol. The fourth-order valence-corrected chi connectivity index (χ4v) is 3.00. The number of nitrogens with zero attached hydrogens (tertiary/aromatic N) is 3. The van der Waals surface area contributed by atoms with E-state index in [4.69, 9.17) is 5.73 Å². The van der Waals surface area contributed by atoms with E-state index in [0.717, 1.165) is 19.3 Å². The zero-order valence-electron chi connectivity index (χ0n) is 11.2. The molecule has 0 aromatic carbocycles. The maximum Gasteiger partial charge on any atom is 0.311 e. The first-order valence-corrected chi connectivity index (χ1v) is 6.75. The van der Waals surface area contributed by atoms with Crippen LogP contribution in [0.2, 0.25) is 0 Å². The quantitative estimate of drug-likeness (QED) is 0.649. The normalized spacial score (nSPS) is 22.4. The van der Waals surface area contributed by atoms with Gasteiger partial charge in [-0.1, -0.05) is 6.42 Å². The van der Waals surface area contributed by atoms with Gasteiger partial charge in [0.2, 0.25) is 5.82 Å². The molecule has 6 heteroatoms. The van der Waals surface area contributed by atoms with E-state index in [-0.39, 0.29) is 16.7 Å². The van der Waals surface area contributed by atoms with E-state index in [1.54, 1.807) is 12.3 Å². The average Bonchev–Trinajstić information content (AvgIpc) is 2.88. The molecular weight excluding hydrogens is 244 g/mol. The summed E-state index contributed by atoms with van der Waals surface area (Å²) in [5, 5.41) is 11.1. The van der Waals surface area contributed by atoms with Gasteiger partial charge in [-0.2, -0.15) is 0 Å². The average molecular weight is 264 g/mol. The lowest BCUT2D eigenvalue weighted by Gasteiger charge is -2.32. The fourth-order valence-electron chi connectivity index (χ4n) is 3.00. The molecule has 0 aliphatic heterocycles. The first kappa shape index (κ1) is 13.7. The van der Waals surface area contributed by atoms with Crippen molar-refractivity contribution in [2.75, 3.05) is 18.0 Å². The number of anilines is 1. The van der Waals surface area contributed by atoms with Crippen molar-refractivity contribution in [1.29, 1.82) is 0 Å². The summed E-state index contributed by atoms with van der Waals surface area (Å²) in [6.45, 7) is 3.34. The summed E-state index contributed by atoms with van der Waals surface area (Å²) >= 11 is 0. The Labute approximate surface area is 112 Å². The highest BCUT2D eigenvalue weighted by atomic mass is 16.6. The minimum Gasteiger partial charge on any atom is -0.348 e. The highest BCUT2D eigenvalue weighted by Gasteiger charge is 2.33. The number of nitrogens with two attached hydrogens (primary N) is 1. The molecule has 0 saturated heterocycles. The Bertz CT molecular complexity index is 452. The molecule has 1 aliphatic carbocycles. The molecule has 2 unspecified atom stereocenters. The molecule has 1 aliphatic rings. The van der Waals surface area contributed by atoms with Gasteiger partial charge in [-0.3, -0.25) is 10.1 Å². The first-order chi connectivity index (χ1) is 9.19. The Balaban J connectivity index is 2.34. The lowest BCUT2D eigenvalue weighted by Crippen LogP contribution is -2.41. The number of hydrogen-bond acceptors (Lipinski definition) is 5. The van der Waals surface area contributed by atoms with Crippen LogP contribution >= 0.6 is 0 Å². The molecule has 2 N–H and O–H groups in total. The Morgan fingerprint density at radius 1 is 1.58 bits per heavy atom. The summed E-state index contributed by atoms with van der Waals surface area (Å²) in [4.78, 5) is 17.0. The third-order valence-electron chi connectivity index (χ3n) is 3.90. The lowest BCUT2D eigenvalue weighted by molar-refractivity contribution is -0.384. The van der Waals surface area contributed by atoms with Crippen LogP contribution in [-0.2, 0) is 0 Å². The predicted molar refractivity (Wildman–Crippen MR) is 74.1 cm³/mol. The molecule has 1 fully saturated rings. The van der Waals surface area contributed by atoms with Crippen LogP contribution in [-0.4, -0.2) is 29.0 Å². The van der Waals surface area contributed by atoms with E-state index in [1.807, 2.05) is 11.8 Å². The summed E-state index contributed by atoms with van der Waals surface area (Å²) < 4.78 is 0. The van der Waals surface area contributed by atoms with Gasteiger partial charge < -0.3 is 10.6 Å². The molecule has 1 heterocycles. The first-order valence-electron chi connectivity index (χ1n) is 6.75. The zero-order chi connectivity index (χ0) is 13.8. The number of hydrogen-bond donors (Lipinski definition) is 1. The molecule has 0 bridgehead atoms. The summed E-state index contributed by atoms with van der Waals surface area (Å²) in [7, 11) is 0. The van der Waals surface area contributed by atoms with E-state index in [9.17, 15) is 10.1 Å². The Morgan fingerprint density at radius 3 is 3.00 bits per heavy atom. The number of aromatic nitrogens is 1. The highest BCUT2D eigenvalue weighted by molar-refractivity contribution is 5.58. The summed E-state index contributed by atoms with van der Waals surface area (Å²) in [6, 6.07) is 3.38. The fraction of sp³-hybridized carbons (Fsp3) is 0.615. The van der Waals surface area contributed by atoms with Crippen molar-refractivity contribution in [1.82, 2.24) is 4.98 Å². The van der Waals surface area contributed by atoms with Gasteiger partial charge in [0.1, 0.15) is 0 Å². The highest BCUT2D eigenvalue weighted by Crippen LogP contribution is 2.35. The molecule has 104 valence electrons. The van der Waals surface area contributed by atoms with Gasteiger partial charge in [0.05, 0.1) is 4.92 Å². The van der Waals surface area contributed by atoms with Crippen LogP contribution in [0.3, 0.4) is 0 Å². The van der Waals surface area contributed by atoms with Crippen LogP contribution in [0.5, 0.6) is 0 Å². The lowest BCUT2D eigenvalue weighted by atomic mass is 10.0. The Kier molecular flexibility index (Phi) is 4.31. The second kappa shape index (κ2) is 5.97. The molecule has 1 saturated carbocycles. The van der Waals surface area contributed by atoms with Crippen LogP contribution in [0.1, 0.15) is 26.2 Å². The third-order valence-corrected chi connectivity index (χ3v) is 3.90. The second-order valence-corrected chi connectivity index (χ2v) is 4.88. The summed E-state index contributed by atoms with van der Waals surface area (Å²) in [5.74, 6) is 0.877. The van der Waals surface area contributed by atoms with Gasteiger partial charge in [-0.25, -0.2) is 4.98 Å². The van der Waals surface area contributed by atoms with E-state index < -0.39 is 0 Å². The molecule has 0 spiro atoms. The smallest absolute Gasteiger partial charge is 0.311 e. The number of rotatable bonds is 5. The number of pyridine rings is 1. The summed E-state index contributed by atoms with van der Waals surface area (Å²) in [6.07, 6.45) is 4.86. The Hall–Kier alpha value is -1.69. The van der Waals surface area contributed by atoms with Gasteiger partial charge in [0, 0.05) is 24.8 Å². The molecule has 1 aromatic rings. The van der Waals surface area contributed by atoms with E-state index in [1.165, 1.54) is 6.07 Å². The van der Waals surface area contributed by atoms with E-state index in [0.29, 0.717) is 24.8 Å². The van der Waals surface area contributed by atoms with Crippen LogP contribution in [0, 0.1) is 16.0 Å². The number of nitro groups is 1. The van der Waals surface area contributed by atoms with Gasteiger partial charge in [0.15, 0.2) is 0 Å². The van der Waals surface area contributed by atoms with Crippen LogP contribution in [0.15, 0.2) is 18.3 Å². The molecule has 0 radical (unpaired) electrons. The van der Waals surface area contributed by atoms with Gasteiger partial charge in [-0.05, 0) is 38.3 Å².